The van der Waals surface area contributed by atoms with Crippen molar-refractivity contribution in [3.63, 3.8) is 0 Å². The molecule has 2 aliphatic rings. The molecule has 1 heterocycles. The molecule has 0 aromatic heterocycles. The second kappa shape index (κ2) is 24.9. The van der Waals surface area contributed by atoms with E-state index in [-0.39, 0.29) is 11.7 Å². The number of ketones is 1. The fraction of sp³-hybridized carbons (Fsp3) is 0.297. The lowest BCUT2D eigenvalue weighted by Gasteiger charge is -2.38. The topological polar surface area (TPSA) is 140 Å². The second-order valence-electron chi connectivity index (χ2n) is 22.1. The number of benzene rings is 6. The van der Waals surface area contributed by atoms with Gasteiger partial charge in [0, 0.05) is 83.2 Å². The number of carbonyl (C=O) groups is 2. The van der Waals surface area contributed by atoms with Crippen LogP contribution in [0.5, 0.6) is 0 Å². The van der Waals surface area contributed by atoms with Crippen LogP contribution in [0.4, 0.5) is 5.69 Å². The largest absolute Gasteiger partial charge is 0.488 e. The van der Waals surface area contributed by atoms with Gasteiger partial charge in [-0.2, -0.15) is 0 Å². The number of amides is 1. The first kappa shape index (κ1) is 57.4. The van der Waals surface area contributed by atoms with Crippen molar-refractivity contribution in [2.24, 2.45) is 0 Å². The fourth-order valence-corrected chi connectivity index (χ4v) is 14.3. The number of hydrogen-bond donors (Lipinski definition) is 5. The minimum atomic E-state index is -2.27. The molecule has 1 aliphatic heterocycles. The van der Waals surface area contributed by atoms with Crippen molar-refractivity contribution in [1.82, 2.24) is 15.1 Å². The van der Waals surface area contributed by atoms with Gasteiger partial charge in [0.1, 0.15) is 22.2 Å². The average molecular weight is 1060 g/mol. The zero-order chi connectivity index (χ0) is 56.0. The molecule has 5 N–H and O–H groups in total. The molecule has 14 heteroatoms. The number of nitrogens with zero attached hydrogens (tertiary/aromatic N) is 4. The molecule has 1 aliphatic carbocycles. The molecule has 0 unspecified atom stereocenters. The first-order valence-corrected chi connectivity index (χ1v) is 30.2. The van der Waals surface area contributed by atoms with E-state index >= 15 is 0 Å². The highest BCUT2D eigenvalue weighted by Gasteiger charge is 2.40. The van der Waals surface area contributed by atoms with Crippen molar-refractivity contribution < 1.29 is 34.3 Å². The van der Waals surface area contributed by atoms with Gasteiger partial charge in [-0.3, -0.25) is 19.4 Å². The molecule has 6 aromatic carbocycles. The van der Waals surface area contributed by atoms with Gasteiger partial charge in [0.15, 0.2) is 11.5 Å². The van der Waals surface area contributed by atoms with Crippen LogP contribution in [-0.2, 0) is 35.8 Å². The van der Waals surface area contributed by atoms with E-state index in [4.69, 9.17) is 0 Å². The molecule has 6 aromatic rings. The van der Waals surface area contributed by atoms with Gasteiger partial charge in [0.25, 0.3) is 0 Å². The molecule has 0 fully saturated rings. The van der Waals surface area contributed by atoms with Crippen molar-refractivity contribution in [3.8, 4) is 0 Å². The van der Waals surface area contributed by atoms with Crippen LogP contribution < -0.4 is 26.3 Å². The summed E-state index contributed by atoms with van der Waals surface area (Å²) in [6.07, 6.45) is 9.42. The summed E-state index contributed by atoms with van der Waals surface area (Å²) in [5.41, 5.74) is 12.9. The number of anilines is 1. The fourth-order valence-electron chi connectivity index (χ4n) is 11.3. The predicted molar refractivity (Wildman–Crippen MR) is 327 cm³/mol. The Kier molecular flexibility index (Phi) is 18.4. The SMILES string of the molecule is C=C(C)C(=O)CCCCN(Cc1ccccc1B(O)O)Cc1c2ccccc2c(CN(CCCNC(=O)C(=C)C)Cc2ccccc2B(O)O)c2ccc(C3=C4C=CC(=[N+](C)C)C=C4[Si](C)(C)c4cc(N(C)C)ccc43)cc12. The van der Waals surface area contributed by atoms with E-state index in [1.54, 1.807) is 26.0 Å². The average Bonchev–Trinajstić information content (AvgIpc) is 3.57. The molecule has 0 radical (unpaired) electrons. The molecule has 0 saturated carbocycles. The Balaban J connectivity index is 1.37. The Labute approximate surface area is 463 Å². The number of fused-ring (bicyclic) bond motifs is 4. The zero-order valence-electron chi connectivity index (χ0n) is 46.9. The van der Waals surface area contributed by atoms with Crippen LogP contribution in [0.25, 0.3) is 27.1 Å². The van der Waals surface area contributed by atoms with Gasteiger partial charge in [-0.05, 0) is 157 Å². The molecule has 1 amide bonds. The maximum Gasteiger partial charge on any atom is 0.488 e. The van der Waals surface area contributed by atoms with Crippen molar-refractivity contribution in [2.75, 3.05) is 52.7 Å². The zero-order valence-corrected chi connectivity index (χ0v) is 47.9. The molecule has 402 valence electrons. The lowest BCUT2D eigenvalue weighted by atomic mass is 9.77. The third-order valence-electron chi connectivity index (χ3n) is 15.6. The van der Waals surface area contributed by atoms with Gasteiger partial charge in [0.2, 0.25) is 5.91 Å². The normalized spacial score (nSPS) is 13.7. The van der Waals surface area contributed by atoms with E-state index in [2.05, 4.69) is 158 Å². The van der Waals surface area contributed by atoms with Crippen LogP contribution in [0.3, 0.4) is 0 Å². The molecule has 0 saturated heterocycles. The highest BCUT2D eigenvalue weighted by Crippen LogP contribution is 2.44. The minimum Gasteiger partial charge on any atom is -0.423 e. The first-order valence-electron chi connectivity index (χ1n) is 27.2. The van der Waals surface area contributed by atoms with Gasteiger partial charge in [-0.1, -0.05) is 117 Å². The molecule has 78 heavy (non-hydrogen) atoms. The smallest absolute Gasteiger partial charge is 0.423 e. The number of unbranched alkanes of at least 4 members (excludes halogenated alkanes) is 1. The maximum atomic E-state index is 12.8. The van der Waals surface area contributed by atoms with Crippen LogP contribution in [0, 0.1) is 0 Å². The minimum absolute atomic E-state index is 0.0578. The van der Waals surface area contributed by atoms with Crippen LogP contribution >= 0.6 is 0 Å². The van der Waals surface area contributed by atoms with E-state index < -0.39 is 22.3 Å². The van der Waals surface area contributed by atoms with Crippen molar-refractivity contribution in [1.29, 1.82) is 0 Å². The monoisotopic (exact) mass is 1060 g/mol. The van der Waals surface area contributed by atoms with Crippen LogP contribution in [0.15, 0.2) is 162 Å². The summed E-state index contributed by atoms with van der Waals surface area (Å²) in [5.74, 6) is -0.130. The Hall–Kier alpha value is -6.74. The molecular formula is C64H76B2N5O6Si+. The van der Waals surface area contributed by atoms with Crippen molar-refractivity contribution in [3.05, 3.63) is 196 Å². The number of hydrogen-bond acceptors (Lipinski definition) is 9. The number of carbonyl (C=O) groups excluding carboxylic acids is 2. The predicted octanol–water partition coefficient (Wildman–Crippen LogP) is 7.30. The van der Waals surface area contributed by atoms with Gasteiger partial charge in [-0.25, -0.2) is 4.58 Å². The van der Waals surface area contributed by atoms with E-state index in [1.165, 1.54) is 27.1 Å². The third kappa shape index (κ3) is 12.7. The highest BCUT2D eigenvalue weighted by molar-refractivity contribution is 6.98. The molecule has 8 rings (SSSR count). The number of nitrogens with one attached hydrogen (secondary N) is 1. The first-order chi connectivity index (χ1) is 37.2. The quantitative estimate of drug-likeness (QED) is 0.0147. The molecule has 11 nitrogen and oxygen atoms in total. The maximum absolute atomic E-state index is 12.8. The summed E-state index contributed by atoms with van der Waals surface area (Å²) in [7, 11) is 2.83. The molecule has 0 atom stereocenters. The van der Waals surface area contributed by atoms with Crippen LogP contribution in [0.1, 0.15) is 72.9 Å². The van der Waals surface area contributed by atoms with Crippen LogP contribution in [0.2, 0.25) is 13.1 Å². The van der Waals surface area contributed by atoms with Gasteiger partial charge in [-0.15, -0.1) is 0 Å². The standard InChI is InChI=1S/C64H75B2N5O6Si/c1-43(2)60(72)26-17-18-34-70(39-46-20-11-15-24-58(46)65(74)75)42-57-51-23-14-13-22-50(51)56(41-71(35-19-33-67-64(73)44(3)4)40-47-21-12-16-25-59(47)66(76)77)52-30-27-45(36-55(52)57)63-53-31-28-48(68(5)6)37-61(53)78(9,10)62-38-49(69(7)8)29-32-54(62)63/h11-16,20-25,27-32,36-38,74-77H,1,3,17-19,26,33-35,39-42H2,2,4-10H3/p+1. The highest BCUT2D eigenvalue weighted by atomic mass is 28.3. The molecule has 0 spiro atoms. The van der Waals surface area contributed by atoms with E-state index in [1.807, 2.05) is 36.4 Å². The molecular weight excluding hydrogens is 984 g/mol. The lowest BCUT2D eigenvalue weighted by Crippen LogP contribution is -2.49. The van der Waals surface area contributed by atoms with Crippen molar-refractivity contribution >= 4 is 88.6 Å². The Morgan fingerprint density at radius 1 is 0.654 bits per heavy atom. The third-order valence-corrected chi connectivity index (χ3v) is 19.1. The van der Waals surface area contributed by atoms with Crippen molar-refractivity contribution in [2.45, 2.75) is 78.8 Å². The summed E-state index contributed by atoms with van der Waals surface area (Å²) >= 11 is 0. The van der Waals surface area contributed by atoms with E-state index in [9.17, 15) is 29.7 Å². The summed E-state index contributed by atoms with van der Waals surface area (Å²) in [6, 6.07) is 37.4. The Morgan fingerprint density at radius 2 is 1.22 bits per heavy atom. The van der Waals surface area contributed by atoms with Gasteiger partial charge in [0.05, 0.1) is 0 Å². The number of allylic oxidation sites excluding steroid dienone is 6. The van der Waals surface area contributed by atoms with Gasteiger partial charge < -0.3 is 30.3 Å². The van der Waals surface area contributed by atoms with Crippen LogP contribution in [-0.4, -0.2) is 122 Å². The second-order valence-corrected chi connectivity index (χ2v) is 26.5. The summed E-state index contributed by atoms with van der Waals surface area (Å²) in [6.45, 7) is 19.7. The summed E-state index contributed by atoms with van der Waals surface area (Å²) in [5, 5.41) is 52.5. The number of rotatable bonds is 23. The lowest BCUT2D eigenvalue weighted by molar-refractivity contribution is -0.462. The summed E-state index contributed by atoms with van der Waals surface area (Å²) < 4.78 is 2.18. The van der Waals surface area contributed by atoms with E-state index in [0.29, 0.717) is 87.1 Å². The van der Waals surface area contributed by atoms with E-state index in [0.717, 1.165) is 67.2 Å². The summed E-state index contributed by atoms with van der Waals surface area (Å²) in [4.78, 5) is 32.3. The van der Waals surface area contributed by atoms with Gasteiger partial charge >= 0.3 is 14.2 Å². The number of Topliss-reactive ketones (excluding diaryl/α,β-unsaturated/α-hetero) is 1. The Morgan fingerprint density at radius 3 is 1.78 bits per heavy atom. The molecule has 0 bridgehead atoms. The Bertz CT molecular complexity index is 3430.